The Kier molecular flexibility index (Phi) is 5.11. The van der Waals surface area contributed by atoms with Crippen molar-refractivity contribution in [2.75, 3.05) is 6.54 Å². The Morgan fingerprint density at radius 1 is 1.35 bits per heavy atom. The fourth-order valence-corrected chi connectivity index (χ4v) is 3.35. The third-order valence-electron chi connectivity index (χ3n) is 3.95. The second-order valence-corrected chi connectivity index (χ2v) is 6.12. The van der Waals surface area contributed by atoms with Crippen LogP contribution in [0.15, 0.2) is 10.9 Å². The minimum absolute atomic E-state index is 0.0966. The van der Waals surface area contributed by atoms with Gasteiger partial charge in [-0.2, -0.15) is 0 Å². The van der Waals surface area contributed by atoms with Crippen LogP contribution in [0.2, 0.25) is 0 Å². The molecule has 5 nitrogen and oxygen atoms in total. The molecule has 0 saturated heterocycles. The lowest BCUT2D eigenvalue weighted by Crippen LogP contribution is -2.39. The molecule has 1 fully saturated rings. The molecule has 0 radical (unpaired) electrons. The summed E-state index contributed by atoms with van der Waals surface area (Å²) in [5.41, 5.74) is 1.88. The van der Waals surface area contributed by atoms with Crippen LogP contribution in [0.1, 0.15) is 44.2 Å². The SMILES string of the molecule is O=C(CC1(C(=O)O)CCCCC1)NCCc1cscn1. The molecule has 0 unspecified atom stereocenters. The van der Waals surface area contributed by atoms with Crippen LogP contribution in [0.5, 0.6) is 0 Å². The molecule has 1 amide bonds. The maximum Gasteiger partial charge on any atom is 0.310 e. The quantitative estimate of drug-likeness (QED) is 0.843. The molecule has 20 heavy (non-hydrogen) atoms. The first kappa shape index (κ1) is 15.0. The normalized spacial score (nSPS) is 17.6. The summed E-state index contributed by atoms with van der Waals surface area (Å²) in [5.74, 6) is -0.989. The van der Waals surface area contributed by atoms with Crippen molar-refractivity contribution >= 4 is 23.2 Å². The number of carbonyl (C=O) groups excluding carboxylic acids is 1. The number of amides is 1. The first-order valence-electron chi connectivity index (χ1n) is 7.00. The van der Waals surface area contributed by atoms with Crippen LogP contribution in [-0.4, -0.2) is 28.5 Å². The monoisotopic (exact) mass is 296 g/mol. The van der Waals surface area contributed by atoms with Crippen LogP contribution in [0.25, 0.3) is 0 Å². The molecule has 1 aliphatic carbocycles. The number of hydrogen-bond acceptors (Lipinski definition) is 4. The minimum atomic E-state index is -0.844. The third kappa shape index (κ3) is 3.79. The summed E-state index contributed by atoms with van der Waals surface area (Å²) in [5, 5.41) is 14.2. The van der Waals surface area contributed by atoms with Crippen LogP contribution in [-0.2, 0) is 16.0 Å². The van der Waals surface area contributed by atoms with Gasteiger partial charge in [0.05, 0.1) is 16.6 Å². The standard InChI is InChI=1S/C14H20N2O3S/c17-12(15-7-4-11-9-20-10-16-11)8-14(13(18)19)5-2-1-3-6-14/h9-10H,1-8H2,(H,15,17)(H,18,19). The molecule has 0 bridgehead atoms. The van der Waals surface area contributed by atoms with Gasteiger partial charge >= 0.3 is 5.97 Å². The highest BCUT2D eigenvalue weighted by atomic mass is 32.1. The molecule has 0 atom stereocenters. The molecular weight excluding hydrogens is 276 g/mol. The molecule has 1 aliphatic rings. The van der Waals surface area contributed by atoms with Crippen LogP contribution < -0.4 is 5.32 Å². The van der Waals surface area contributed by atoms with E-state index in [2.05, 4.69) is 10.3 Å². The number of hydrogen-bond donors (Lipinski definition) is 2. The summed E-state index contributed by atoms with van der Waals surface area (Å²) in [6, 6.07) is 0. The number of aliphatic carboxylic acids is 1. The van der Waals surface area contributed by atoms with Gasteiger partial charge in [-0.3, -0.25) is 9.59 Å². The highest BCUT2D eigenvalue weighted by molar-refractivity contribution is 7.07. The number of carboxylic acids is 1. The van der Waals surface area contributed by atoms with Crippen LogP contribution in [0, 0.1) is 5.41 Å². The van der Waals surface area contributed by atoms with E-state index in [4.69, 9.17) is 0 Å². The average molecular weight is 296 g/mol. The molecule has 1 aromatic heterocycles. The van der Waals surface area contributed by atoms with E-state index in [1.54, 1.807) is 5.51 Å². The highest BCUT2D eigenvalue weighted by Gasteiger charge is 2.41. The van der Waals surface area contributed by atoms with Gasteiger partial charge in [0, 0.05) is 24.8 Å². The Balaban J connectivity index is 1.81. The molecule has 6 heteroatoms. The summed E-state index contributed by atoms with van der Waals surface area (Å²) >= 11 is 1.53. The molecule has 1 saturated carbocycles. The van der Waals surface area contributed by atoms with Crippen molar-refractivity contribution < 1.29 is 14.7 Å². The summed E-state index contributed by atoms with van der Waals surface area (Å²) in [7, 11) is 0. The van der Waals surface area contributed by atoms with Crippen molar-refractivity contribution in [3.63, 3.8) is 0 Å². The van der Waals surface area contributed by atoms with Crippen molar-refractivity contribution in [3.8, 4) is 0 Å². The summed E-state index contributed by atoms with van der Waals surface area (Å²) in [6.07, 6.45) is 4.88. The third-order valence-corrected chi connectivity index (χ3v) is 4.59. The Morgan fingerprint density at radius 3 is 2.70 bits per heavy atom. The molecule has 0 aliphatic heterocycles. The van der Waals surface area contributed by atoms with Gasteiger partial charge in [-0.1, -0.05) is 19.3 Å². The smallest absolute Gasteiger partial charge is 0.310 e. The van der Waals surface area contributed by atoms with Gasteiger partial charge in [0.1, 0.15) is 0 Å². The molecule has 110 valence electrons. The van der Waals surface area contributed by atoms with Gasteiger partial charge < -0.3 is 10.4 Å². The van der Waals surface area contributed by atoms with Gasteiger partial charge in [0.25, 0.3) is 0 Å². The summed E-state index contributed by atoms with van der Waals surface area (Å²) < 4.78 is 0. The summed E-state index contributed by atoms with van der Waals surface area (Å²) in [4.78, 5) is 27.6. The van der Waals surface area contributed by atoms with Crippen molar-refractivity contribution in [3.05, 3.63) is 16.6 Å². The number of nitrogens with one attached hydrogen (secondary N) is 1. The lowest BCUT2D eigenvalue weighted by molar-refractivity contribution is -0.154. The van der Waals surface area contributed by atoms with Gasteiger partial charge in [-0.25, -0.2) is 4.98 Å². The minimum Gasteiger partial charge on any atom is -0.481 e. The number of carbonyl (C=O) groups is 2. The number of aromatic nitrogens is 1. The fraction of sp³-hybridized carbons (Fsp3) is 0.643. The van der Waals surface area contributed by atoms with Crippen molar-refractivity contribution in [2.45, 2.75) is 44.9 Å². The Morgan fingerprint density at radius 2 is 2.10 bits per heavy atom. The van der Waals surface area contributed by atoms with E-state index in [0.717, 1.165) is 25.0 Å². The van der Waals surface area contributed by atoms with E-state index < -0.39 is 11.4 Å². The van der Waals surface area contributed by atoms with E-state index in [1.807, 2.05) is 5.38 Å². The molecular formula is C14H20N2O3S. The van der Waals surface area contributed by atoms with Crippen LogP contribution in [0.3, 0.4) is 0 Å². The van der Waals surface area contributed by atoms with Gasteiger partial charge in [-0.05, 0) is 12.8 Å². The zero-order chi connectivity index (χ0) is 14.4. The van der Waals surface area contributed by atoms with E-state index >= 15 is 0 Å². The molecule has 2 rings (SSSR count). The highest BCUT2D eigenvalue weighted by Crippen LogP contribution is 2.39. The maximum absolute atomic E-state index is 12.0. The number of nitrogens with zero attached hydrogens (tertiary/aromatic N) is 1. The zero-order valence-corrected chi connectivity index (χ0v) is 12.2. The molecule has 1 aromatic rings. The second kappa shape index (κ2) is 6.83. The summed E-state index contributed by atoms with van der Waals surface area (Å²) in [6.45, 7) is 0.512. The largest absolute Gasteiger partial charge is 0.481 e. The van der Waals surface area contributed by atoms with E-state index in [9.17, 15) is 14.7 Å². The predicted octanol–water partition coefficient (Wildman–Crippen LogP) is 2.23. The lowest BCUT2D eigenvalue weighted by Gasteiger charge is -2.32. The lowest BCUT2D eigenvalue weighted by atomic mass is 9.71. The van der Waals surface area contributed by atoms with Crippen molar-refractivity contribution in [1.82, 2.24) is 10.3 Å². The van der Waals surface area contributed by atoms with Crippen LogP contribution >= 0.6 is 11.3 Å². The van der Waals surface area contributed by atoms with Crippen molar-refractivity contribution in [2.24, 2.45) is 5.41 Å². The topological polar surface area (TPSA) is 79.3 Å². The Bertz CT molecular complexity index is 453. The second-order valence-electron chi connectivity index (χ2n) is 5.40. The number of carboxylic acid groups (broad SMARTS) is 1. The van der Waals surface area contributed by atoms with E-state index in [1.165, 1.54) is 11.3 Å². The maximum atomic E-state index is 12.0. The van der Waals surface area contributed by atoms with Crippen LogP contribution in [0.4, 0.5) is 0 Å². The molecule has 2 N–H and O–H groups in total. The average Bonchev–Trinajstić information content (AvgIpc) is 2.93. The van der Waals surface area contributed by atoms with Crippen molar-refractivity contribution in [1.29, 1.82) is 0 Å². The molecule has 0 spiro atoms. The fourth-order valence-electron chi connectivity index (χ4n) is 2.76. The number of rotatable bonds is 6. The Labute approximate surface area is 122 Å². The first-order chi connectivity index (χ1) is 9.62. The van der Waals surface area contributed by atoms with E-state index in [0.29, 0.717) is 25.8 Å². The van der Waals surface area contributed by atoms with Gasteiger partial charge in [0.2, 0.25) is 5.91 Å². The molecule has 0 aromatic carbocycles. The van der Waals surface area contributed by atoms with Gasteiger partial charge in [0.15, 0.2) is 0 Å². The zero-order valence-electron chi connectivity index (χ0n) is 11.4. The Hall–Kier alpha value is -1.43. The molecule has 1 heterocycles. The first-order valence-corrected chi connectivity index (χ1v) is 7.94. The van der Waals surface area contributed by atoms with Gasteiger partial charge in [-0.15, -0.1) is 11.3 Å². The number of thiazole rings is 1. The predicted molar refractivity (Wildman–Crippen MR) is 76.6 cm³/mol. The van der Waals surface area contributed by atoms with E-state index in [-0.39, 0.29) is 12.3 Å².